The van der Waals surface area contributed by atoms with Crippen LogP contribution in [0.4, 0.5) is 0 Å². The van der Waals surface area contributed by atoms with Gasteiger partial charge in [0, 0.05) is 67.6 Å². The molecule has 0 spiro atoms. The highest BCUT2D eigenvalue weighted by molar-refractivity contribution is 4.62. The van der Waals surface area contributed by atoms with Crippen LogP contribution in [0.1, 0.15) is 203 Å². The van der Waals surface area contributed by atoms with Crippen molar-refractivity contribution in [3.05, 3.63) is 0 Å². The normalized spacial score (nSPS) is 12.0. The van der Waals surface area contributed by atoms with E-state index in [-0.39, 0.29) is 0 Å². The molecule has 0 unspecified atom stereocenters. The molecule has 0 rings (SSSR count). The average molecular weight is 914 g/mol. The molecule has 0 saturated heterocycles. The monoisotopic (exact) mass is 913 g/mol. The lowest BCUT2D eigenvalue weighted by atomic mass is 9.91. The van der Waals surface area contributed by atoms with Crippen LogP contribution in [0.25, 0.3) is 0 Å². The number of rotatable bonds is 27. The van der Waals surface area contributed by atoms with Crippen LogP contribution in [-0.2, 0) is 42.6 Å². The Morgan fingerprint density at radius 3 is 0.571 bits per heavy atom. The lowest BCUT2D eigenvalue weighted by Gasteiger charge is -2.17. The van der Waals surface area contributed by atoms with Crippen molar-refractivity contribution in [3.8, 4) is 0 Å². The quantitative estimate of drug-likeness (QED) is 0.0748. The van der Waals surface area contributed by atoms with Crippen LogP contribution < -0.4 is 0 Å². The maximum Gasteiger partial charge on any atom is 0.0701 e. The van der Waals surface area contributed by atoms with E-state index in [1.807, 2.05) is 0 Å². The van der Waals surface area contributed by atoms with Crippen LogP contribution in [0, 0.1) is 32.5 Å². The fraction of sp³-hybridized carbons (Fsp3) is 1.00. The summed E-state index contributed by atoms with van der Waals surface area (Å²) in [6, 6.07) is 0. The molecule has 0 aliphatic heterocycles. The van der Waals surface area contributed by atoms with Crippen LogP contribution in [0.2, 0.25) is 0 Å². The van der Waals surface area contributed by atoms with Gasteiger partial charge < -0.3 is 42.6 Å². The van der Waals surface area contributed by atoms with Crippen LogP contribution in [-0.4, -0.2) is 120 Å². The maximum atomic E-state index is 5.43. The molecule has 0 N–H and O–H groups in total. The topological polar surface area (TPSA) is 83.1 Å². The van der Waals surface area contributed by atoms with Gasteiger partial charge in [0.25, 0.3) is 0 Å². The van der Waals surface area contributed by atoms with Crippen LogP contribution in [0.5, 0.6) is 0 Å². The SMILES string of the molecule is CCCC(C)(C)C.CCCOCCC(C)(C)C.CCCOCCOCCC(C)(C)C.COCCC(C)(C)C.COCCOCCC(C)(C)C.COCCOCCOCCC(C)(C)C. The highest BCUT2D eigenvalue weighted by atomic mass is 16.5. The van der Waals surface area contributed by atoms with E-state index in [2.05, 4.69) is 145 Å². The van der Waals surface area contributed by atoms with Crippen LogP contribution in [0.15, 0.2) is 0 Å². The van der Waals surface area contributed by atoms with Gasteiger partial charge in [-0.1, -0.05) is 152 Å². The number of hydrogen-bond acceptors (Lipinski definition) is 9. The summed E-state index contributed by atoms with van der Waals surface area (Å²) >= 11 is 0. The van der Waals surface area contributed by atoms with Crippen molar-refractivity contribution < 1.29 is 42.6 Å². The molecule has 0 amide bonds. The van der Waals surface area contributed by atoms with Crippen molar-refractivity contribution in [2.75, 3.05) is 120 Å². The zero-order chi connectivity index (χ0) is 50.3. The molecule has 0 bridgehead atoms. The summed E-state index contributed by atoms with van der Waals surface area (Å²) in [5.41, 5.74) is 2.52. The minimum absolute atomic E-state index is 0.358. The van der Waals surface area contributed by atoms with E-state index in [0.29, 0.717) is 72.1 Å². The summed E-state index contributed by atoms with van der Waals surface area (Å²) in [6.07, 6.45) is 10.5. The van der Waals surface area contributed by atoms with Gasteiger partial charge in [-0.15, -0.1) is 0 Å². The minimum Gasteiger partial charge on any atom is -0.385 e. The van der Waals surface area contributed by atoms with Crippen molar-refractivity contribution in [3.63, 3.8) is 0 Å². The number of hydrogen-bond donors (Lipinski definition) is 0. The molecule has 0 aromatic heterocycles. The predicted octanol–water partition coefficient (Wildman–Crippen LogP) is 14.8. The molecule has 63 heavy (non-hydrogen) atoms. The third-order valence-corrected chi connectivity index (χ3v) is 8.35. The van der Waals surface area contributed by atoms with Crippen LogP contribution in [0.3, 0.4) is 0 Å². The summed E-state index contributed by atoms with van der Waals surface area (Å²) in [7, 11) is 5.10. The van der Waals surface area contributed by atoms with E-state index >= 15 is 0 Å². The lowest BCUT2D eigenvalue weighted by molar-refractivity contribution is 0.0194. The molecule has 9 nitrogen and oxygen atoms in total. The van der Waals surface area contributed by atoms with E-state index in [1.54, 1.807) is 21.3 Å². The van der Waals surface area contributed by atoms with Gasteiger partial charge in [0.15, 0.2) is 0 Å². The van der Waals surface area contributed by atoms with Crippen molar-refractivity contribution in [2.45, 2.75) is 203 Å². The third kappa shape index (κ3) is 110. The number of methoxy groups -OCH3 is 3. The molecule has 0 radical (unpaired) electrons. The van der Waals surface area contributed by atoms with Crippen LogP contribution >= 0.6 is 0 Å². The molecule has 390 valence electrons. The second-order valence-corrected chi connectivity index (χ2v) is 23.5. The molecule has 0 aliphatic carbocycles. The van der Waals surface area contributed by atoms with Crippen molar-refractivity contribution in [1.29, 1.82) is 0 Å². The zero-order valence-electron chi connectivity index (χ0n) is 47.6. The zero-order valence-corrected chi connectivity index (χ0v) is 47.6. The summed E-state index contributed by atoms with van der Waals surface area (Å²) < 4.78 is 46.7. The molecular formula is C54H120O9. The van der Waals surface area contributed by atoms with E-state index in [1.165, 1.54) is 12.8 Å². The smallest absolute Gasteiger partial charge is 0.0701 e. The molecule has 0 saturated carbocycles. The van der Waals surface area contributed by atoms with Crippen molar-refractivity contribution in [2.24, 2.45) is 32.5 Å². The Balaban J connectivity index is -0.000000157. The lowest BCUT2D eigenvalue weighted by Crippen LogP contribution is -2.13. The summed E-state index contributed by atoms with van der Waals surface area (Å²) in [5.74, 6) is 0. The molecule has 0 aliphatic rings. The second-order valence-electron chi connectivity index (χ2n) is 23.5. The van der Waals surface area contributed by atoms with Gasteiger partial charge in [-0.05, 0) is 83.9 Å². The van der Waals surface area contributed by atoms with Crippen molar-refractivity contribution >= 4 is 0 Å². The third-order valence-electron chi connectivity index (χ3n) is 8.35. The highest BCUT2D eigenvalue weighted by Gasteiger charge is 2.12. The van der Waals surface area contributed by atoms with Gasteiger partial charge in [-0.2, -0.15) is 0 Å². The molecule has 0 aromatic carbocycles. The first kappa shape index (κ1) is 74.2. The largest absolute Gasteiger partial charge is 0.385 e. The molecule has 9 heteroatoms. The predicted molar refractivity (Wildman–Crippen MR) is 276 cm³/mol. The van der Waals surface area contributed by atoms with Gasteiger partial charge in [0.2, 0.25) is 0 Å². The van der Waals surface area contributed by atoms with Gasteiger partial charge >= 0.3 is 0 Å². The van der Waals surface area contributed by atoms with Gasteiger partial charge in [-0.3, -0.25) is 0 Å². The summed E-state index contributed by atoms with van der Waals surface area (Å²) in [5, 5.41) is 0. The standard InChI is InChI=1S/C11H24O3.C11H24O2.C9H20O2.C9H20O.C7H16O.C7H16/c1-11(2,3)5-6-13-9-10-14-8-7-12-4;1-5-7-12-9-10-13-8-6-11(2,3)4;1-9(2,3)5-6-11-8-7-10-4;1-5-7-10-8-6-9(2,3)4;1-7(2,3)5-6-8-4;1-5-6-7(2,3)4/h5-10H2,1-4H3;5-10H2,1-4H3;5-8H2,1-4H3;5-8H2,1-4H3;5-6H2,1-4H3;5-6H2,1-4H3. The Kier molecular flexibility index (Phi) is 56.7. The summed E-state index contributed by atoms with van der Waals surface area (Å²) in [4.78, 5) is 0. The van der Waals surface area contributed by atoms with Gasteiger partial charge in [0.05, 0.1) is 52.9 Å². The van der Waals surface area contributed by atoms with Gasteiger partial charge in [-0.25, -0.2) is 0 Å². The fourth-order valence-electron chi connectivity index (χ4n) is 4.09. The highest BCUT2D eigenvalue weighted by Crippen LogP contribution is 2.21. The molecule has 0 fully saturated rings. The maximum absolute atomic E-state index is 5.43. The Morgan fingerprint density at radius 1 is 0.206 bits per heavy atom. The molecule has 0 aromatic rings. The van der Waals surface area contributed by atoms with E-state index in [4.69, 9.17) is 42.6 Å². The first-order valence-electron chi connectivity index (χ1n) is 24.8. The average Bonchev–Trinajstić information content (AvgIpc) is 3.12. The minimum atomic E-state index is 0.358. The Morgan fingerprint density at radius 2 is 0.397 bits per heavy atom. The van der Waals surface area contributed by atoms with Crippen molar-refractivity contribution in [1.82, 2.24) is 0 Å². The number of ether oxygens (including phenoxy) is 9. The Bertz CT molecular complexity index is 823. The first-order valence-corrected chi connectivity index (χ1v) is 24.8. The fourth-order valence-corrected chi connectivity index (χ4v) is 4.09. The van der Waals surface area contributed by atoms with E-state index < -0.39 is 0 Å². The van der Waals surface area contributed by atoms with Gasteiger partial charge in [0.1, 0.15) is 0 Å². The Labute approximate surface area is 397 Å². The molecule has 0 heterocycles. The van der Waals surface area contributed by atoms with E-state index in [9.17, 15) is 0 Å². The Hall–Kier alpha value is -0.360. The summed E-state index contributed by atoms with van der Waals surface area (Å²) in [6.45, 7) is 58.2. The van der Waals surface area contributed by atoms with E-state index in [0.717, 1.165) is 104 Å². The first-order chi connectivity index (χ1) is 28.9. The molecular weight excluding hydrogens is 793 g/mol. The second kappa shape index (κ2) is 48.1. The molecule has 0 atom stereocenters.